The summed E-state index contributed by atoms with van der Waals surface area (Å²) in [4.78, 5) is 18.6. The Hall–Kier alpha value is -2.60. The SMILES string of the molecule is CN(C)c1ccc(-c2cncc3c2CCCC(OC(=O)NCCCN)CC3)cc1. The largest absolute Gasteiger partial charge is 0.446 e. The zero-order chi connectivity index (χ0) is 20.6. The summed E-state index contributed by atoms with van der Waals surface area (Å²) in [6.45, 7) is 1.12. The van der Waals surface area contributed by atoms with Crippen molar-refractivity contribution in [2.45, 2.75) is 44.6 Å². The smallest absolute Gasteiger partial charge is 0.407 e. The van der Waals surface area contributed by atoms with Crippen molar-refractivity contribution in [3.63, 3.8) is 0 Å². The molecule has 0 saturated carbocycles. The van der Waals surface area contributed by atoms with Crippen LogP contribution in [0.4, 0.5) is 10.5 Å². The maximum absolute atomic E-state index is 12.0. The van der Waals surface area contributed by atoms with Crippen molar-refractivity contribution < 1.29 is 9.53 Å². The second kappa shape index (κ2) is 10.3. The maximum Gasteiger partial charge on any atom is 0.407 e. The molecule has 0 radical (unpaired) electrons. The van der Waals surface area contributed by atoms with Crippen molar-refractivity contribution in [3.8, 4) is 11.1 Å². The molecular formula is C23H32N4O2. The number of carbonyl (C=O) groups is 1. The lowest BCUT2D eigenvalue weighted by molar-refractivity contribution is 0.0856. The van der Waals surface area contributed by atoms with Crippen LogP contribution in [0.3, 0.4) is 0 Å². The average Bonchev–Trinajstić information content (AvgIpc) is 2.70. The molecule has 1 heterocycles. The van der Waals surface area contributed by atoms with Crippen molar-refractivity contribution in [2.24, 2.45) is 5.73 Å². The molecule has 6 heteroatoms. The quantitative estimate of drug-likeness (QED) is 0.730. The maximum atomic E-state index is 12.0. The number of benzene rings is 1. The fourth-order valence-electron chi connectivity index (χ4n) is 3.80. The van der Waals surface area contributed by atoms with Gasteiger partial charge in [0.2, 0.25) is 0 Å². The Kier molecular flexibility index (Phi) is 7.47. The summed E-state index contributed by atoms with van der Waals surface area (Å²) in [5.74, 6) is 0. The van der Waals surface area contributed by atoms with Gasteiger partial charge in [0.1, 0.15) is 6.10 Å². The van der Waals surface area contributed by atoms with E-state index in [1.165, 1.54) is 27.9 Å². The van der Waals surface area contributed by atoms with Gasteiger partial charge in [-0.3, -0.25) is 4.98 Å². The number of nitrogens with zero attached hydrogens (tertiary/aromatic N) is 2. The molecule has 6 nitrogen and oxygen atoms in total. The predicted octanol–water partition coefficient (Wildman–Crippen LogP) is 3.53. The van der Waals surface area contributed by atoms with Crippen LogP contribution < -0.4 is 16.0 Å². The van der Waals surface area contributed by atoms with Crippen LogP contribution in [0.2, 0.25) is 0 Å². The number of carbonyl (C=O) groups excluding carboxylic acids is 1. The second-order valence-corrected chi connectivity index (χ2v) is 7.79. The van der Waals surface area contributed by atoms with Gasteiger partial charge in [0.25, 0.3) is 0 Å². The highest BCUT2D eigenvalue weighted by molar-refractivity contribution is 5.70. The first-order valence-corrected chi connectivity index (χ1v) is 10.5. The monoisotopic (exact) mass is 396 g/mol. The van der Waals surface area contributed by atoms with E-state index in [1.54, 1.807) is 0 Å². The van der Waals surface area contributed by atoms with Gasteiger partial charge in [-0.05, 0) is 73.9 Å². The van der Waals surface area contributed by atoms with Crippen molar-refractivity contribution in [1.82, 2.24) is 10.3 Å². The minimum Gasteiger partial charge on any atom is -0.446 e. The third-order valence-corrected chi connectivity index (χ3v) is 5.45. The summed E-state index contributed by atoms with van der Waals surface area (Å²) < 4.78 is 5.62. The first-order valence-electron chi connectivity index (χ1n) is 10.5. The van der Waals surface area contributed by atoms with Crippen LogP contribution in [-0.2, 0) is 17.6 Å². The van der Waals surface area contributed by atoms with Gasteiger partial charge in [-0.25, -0.2) is 4.79 Å². The molecule has 1 aromatic carbocycles. The molecular weight excluding hydrogens is 364 g/mol. The van der Waals surface area contributed by atoms with Crippen LogP contribution in [0.15, 0.2) is 36.7 Å². The standard InChI is InChI=1S/C23H32N4O2/c1-27(2)19-10-7-17(8-11-19)22-16-25-15-18-9-12-20(5-3-6-21(18)22)29-23(28)26-14-4-13-24/h7-8,10-11,15-16,20H,3-6,9,12-14,24H2,1-2H3,(H,26,28). The fraction of sp³-hybridized carbons (Fsp3) is 0.478. The zero-order valence-corrected chi connectivity index (χ0v) is 17.5. The normalized spacial score (nSPS) is 16.3. The summed E-state index contributed by atoms with van der Waals surface area (Å²) in [6, 6.07) is 8.63. The number of aryl methyl sites for hydroxylation is 1. The van der Waals surface area contributed by atoms with Gasteiger partial charge < -0.3 is 20.7 Å². The highest BCUT2D eigenvalue weighted by Crippen LogP contribution is 2.31. The average molecular weight is 397 g/mol. The van der Waals surface area contributed by atoms with Crippen molar-refractivity contribution in [1.29, 1.82) is 0 Å². The highest BCUT2D eigenvalue weighted by Gasteiger charge is 2.20. The Morgan fingerprint density at radius 2 is 2.00 bits per heavy atom. The van der Waals surface area contributed by atoms with Gasteiger partial charge in [0.05, 0.1) is 0 Å². The molecule has 1 unspecified atom stereocenters. The van der Waals surface area contributed by atoms with E-state index in [4.69, 9.17) is 10.5 Å². The number of amides is 1. The molecule has 3 N–H and O–H groups in total. The first kappa shape index (κ1) is 21.1. The lowest BCUT2D eigenvalue weighted by atomic mass is 9.88. The number of nitrogens with one attached hydrogen (secondary N) is 1. The van der Waals surface area contributed by atoms with Crippen LogP contribution in [-0.4, -0.2) is 44.4 Å². The van der Waals surface area contributed by atoms with Crippen molar-refractivity contribution >= 4 is 11.8 Å². The predicted molar refractivity (Wildman–Crippen MR) is 117 cm³/mol. The van der Waals surface area contributed by atoms with E-state index < -0.39 is 0 Å². The zero-order valence-electron chi connectivity index (χ0n) is 17.5. The molecule has 1 amide bonds. The lowest BCUT2D eigenvalue weighted by Gasteiger charge is -2.23. The molecule has 0 aliphatic heterocycles. The number of hydrogen-bond acceptors (Lipinski definition) is 5. The lowest BCUT2D eigenvalue weighted by Crippen LogP contribution is -2.31. The van der Waals surface area contributed by atoms with Gasteiger partial charge in [-0.15, -0.1) is 0 Å². The minimum atomic E-state index is -0.336. The van der Waals surface area contributed by atoms with Crippen LogP contribution in [0.25, 0.3) is 11.1 Å². The van der Waals surface area contributed by atoms with Crippen LogP contribution in [0.1, 0.15) is 36.8 Å². The highest BCUT2D eigenvalue weighted by atomic mass is 16.6. The number of ether oxygens (including phenoxy) is 1. The van der Waals surface area contributed by atoms with E-state index in [1.807, 2.05) is 26.5 Å². The third-order valence-electron chi connectivity index (χ3n) is 5.45. The summed E-state index contributed by atoms with van der Waals surface area (Å²) in [7, 11) is 4.09. The number of aromatic nitrogens is 1. The molecule has 3 rings (SSSR count). The first-order chi connectivity index (χ1) is 14.1. The molecule has 0 fully saturated rings. The molecule has 29 heavy (non-hydrogen) atoms. The van der Waals surface area contributed by atoms with Crippen LogP contribution in [0, 0.1) is 0 Å². The van der Waals surface area contributed by atoms with Gasteiger partial charge in [0.15, 0.2) is 0 Å². The Balaban J connectivity index is 1.69. The van der Waals surface area contributed by atoms with E-state index in [9.17, 15) is 4.79 Å². The van der Waals surface area contributed by atoms with Gasteiger partial charge >= 0.3 is 6.09 Å². The molecule has 156 valence electrons. The van der Waals surface area contributed by atoms with Crippen LogP contribution in [0.5, 0.6) is 0 Å². The molecule has 1 atom stereocenters. The number of pyridine rings is 1. The Labute approximate surface area is 173 Å². The molecule has 0 bridgehead atoms. The number of rotatable bonds is 6. The molecule has 1 aliphatic carbocycles. The number of nitrogens with two attached hydrogens (primary N) is 1. The summed E-state index contributed by atoms with van der Waals surface area (Å²) in [6.07, 6.45) is 8.84. The van der Waals surface area contributed by atoms with E-state index in [0.717, 1.165) is 38.5 Å². The summed E-state index contributed by atoms with van der Waals surface area (Å²) in [5.41, 5.74) is 11.7. The van der Waals surface area contributed by atoms with E-state index in [0.29, 0.717) is 13.1 Å². The summed E-state index contributed by atoms with van der Waals surface area (Å²) >= 11 is 0. The Morgan fingerprint density at radius 3 is 2.72 bits per heavy atom. The minimum absolute atomic E-state index is 0.0518. The van der Waals surface area contributed by atoms with E-state index in [-0.39, 0.29) is 12.2 Å². The molecule has 0 spiro atoms. The van der Waals surface area contributed by atoms with Gasteiger partial charge in [0, 0.05) is 44.3 Å². The Morgan fingerprint density at radius 1 is 1.21 bits per heavy atom. The number of fused-ring (bicyclic) bond motifs is 1. The Bertz CT molecular complexity index is 805. The van der Waals surface area contributed by atoms with Crippen molar-refractivity contribution in [2.75, 3.05) is 32.1 Å². The van der Waals surface area contributed by atoms with E-state index in [2.05, 4.69) is 39.5 Å². The molecule has 2 aromatic rings. The van der Waals surface area contributed by atoms with Crippen molar-refractivity contribution in [3.05, 3.63) is 47.8 Å². The topological polar surface area (TPSA) is 80.5 Å². The third kappa shape index (κ3) is 5.70. The second-order valence-electron chi connectivity index (χ2n) is 7.79. The van der Waals surface area contributed by atoms with E-state index >= 15 is 0 Å². The molecule has 1 aromatic heterocycles. The fourth-order valence-corrected chi connectivity index (χ4v) is 3.80. The molecule has 0 saturated heterocycles. The van der Waals surface area contributed by atoms with Gasteiger partial charge in [-0.1, -0.05) is 12.1 Å². The van der Waals surface area contributed by atoms with Gasteiger partial charge in [-0.2, -0.15) is 0 Å². The number of alkyl carbamates (subject to hydrolysis) is 1. The number of hydrogen-bond donors (Lipinski definition) is 2. The number of anilines is 1. The molecule has 1 aliphatic rings. The summed E-state index contributed by atoms with van der Waals surface area (Å²) in [5, 5.41) is 2.77. The van der Waals surface area contributed by atoms with Crippen LogP contribution >= 0.6 is 0 Å².